The van der Waals surface area contributed by atoms with E-state index in [9.17, 15) is 14.0 Å². The molecule has 2 aromatic carbocycles. The molecule has 202 valence electrons. The first-order valence-electron chi connectivity index (χ1n) is 12.0. The normalized spacial score (nSPS) is 14.2. The number of primary amides is 1. The molecule has 2 amide bonds. The van der Waals surface area contributed by atoms with Crippen molar-refractivity contribution >= 4 is 29.9 Å². The second-order valence-electron chi connectivity index (χ2n) is 9.35. The van der Waals surface area contributed by atoms with E-state index in [0.717, 1.165) is 5.56 Å². The van der Waals surface area contributed by atoms with Crippen LogP contribution in [0.5, 0.6) is 11.5 Å². The summed E-state index contributed by atoms with van der Waals surface area (Å²) in [5, 5.41) is 4.13. The molecular weight excluding hydrogens is 528 g/mol. The topological polar surface area (TPSA) is 103 Å². The van der Waals surface area contributed by atoms with Gasteiger partial charge in [0.1, 0.15) is 17.0 Å². The Morgan fingerprint density at radius 3 is 2.41 bits per heavy atom. The minimum absolute atomic E-state index is 0. The molecule has 0 radical (unpaired) electrons. The van der Waals surface area contributed by atoms with Crippen molar-refractivity contribution in [2.45, 2.75) is 25.8 Å². The van der Waals surface area contributed by atoms with E-state index in [1.54, 1.807) is 61.5 Å². The third-order valence-electron chi connectivity index (χ3n) is 6.74. The van der Waals surface area contributed by atoms with E-state index >= 15 is 4.39 Å². The lowest BCUT2D eigenvalue weighted by atomic mass is 9.99. The average Bonchev–Trinajstić information content (AvgIpc) is 3.61. The first kappa shape index (κ1) is 27.7. The number of carbonyl (C=O) groups excluding carboxylic acids is 2. The molecule has 2 N–H and O–H groups in total. The van der Waals surface area contributed by atoms with E-state index in [1.807, 2.05) is 0 Å². The molecule has 1 fully saturated rings. The summed E-state index contributed by atoms with van der Waals surface area (Å²) in [5.41, 5.74) is 6.45. The first-order chi connectivity index (χ1) is 18.2. The number of nitrogens with two attached hydrogens (primary N) is 1. The fraction of sp³-hybridized carbons (Fsp3) is 0.214. The predicted octanol–water partition coefficient (Wildman–Crippen LogP) is 5.33. The number of halogens is 3. The molecule has 0 unspecified atom stereocenters. The van der Waals surface area contributed by atoms with Crippen LogP contribution in [-0.2, 0) is 16.6 Å². The molecular formula is C28H26ClF2N5O3. The molecule has 2 heterocycles. The smallest absolute Gasteiger partial charge is 0.243 e. The third-order valence-corrected chi connectivity index (χ3v) is 6.74. The molecule has 2 aromatic heterocycles. The van der Waals surface area contributed by atoms with Gasteiger partial charge in [0, 0.05) is 42.8 Å². The largest absolute Gasteiger partial charge is 0.454 e. The molecule has 0 aliphatic heterocycles. The van der Waals surface area contributed by atoms with E-state index in [2.05, 4.69) is 10.1 Å². The lowest BCUT2D eigenvalue weighted by Gasteiger charge is -2.32. The van der Waals surface area contributed by atoms with Gasteiger partial charge < -0.3 is 15.4 Å². The van der Waals surface area contributed by atoms with Crippen molar-refractivity contribution in [3.05, 3.63) is 90.4 Å². The van der Waals surface area contributed by atoms with E-state index in [4.69, 9.17) is 10.5 Å². The SMILES string of the molecule is C[C@@H](c1ccc(F)cc1)N(C(=O)C1(C(N)=O)CC1)c1ccc(Oc2ccnc(-c3cnn(C)c3)c2)c(F)c1.Cl. The van der Waals surface area contributed by atoms with Gasteiger partial charge in [-0.3, -0.25) is 19.3 Å². The number of pyridine rings is 1. The van der Waals surface area contributed by atoms with Crippen molar-refractivity contribution in [2.75, 3.05) is 4.90 Å². The van der Waals surface area contributed by atoms with Crippen molar-refractivity contribution in [1.82, 2.24) is 14.8 Å². The third kappa shape index (κ3) is 5.46. The van der Waals surface area contributed by atoms with E-state index in [-0.39, 0.29) is 23.8 Å². The van der Waals surface area contributed by atoms with Crippen LogP contribution < -0.4 is 15.4 Å². The summed E-state index contributed by atoms with van der Waals surface area (Å²) in [6.07, 6.45) is 5.65. The number of aryl methyl sites for hydroxylation is 1. The van der Waals surface area contributed by atoms with Gasteiger partial charge in [-0.15, -0.1) is 12.4 Å². The molecule has 8 nitrogen and oxygen atoms in total. The minimum atomic E-state index is -1.33. The molecule has 1 aliphatic carbocycles. The van der Waals surface area contributed by atoms with Crippen LogP contribution in [-0.4, -0.2) is 26.6 Å². The fourth-order valence-electron chi connectivity index (χ4n) is 4.36. The predicted molar refractivity (Wildman–Crippen MR) is 143 cm³/mol. The number of hydrogen-bond acceptors (Lipinski definition) is 5. The van der Waals surface area contributed by atoms with Gasteiger partial charge in [0.2, 0.25) is 11.8 Å². The quantitative estimate of drug-likeness (QED) is 0.297. The number of anilines is 1. The van der Waals surface area contributed by atoms with Gasteiger partial charge in [-0.2, -0.15) is 5.10 Å². The maximum atomic E-state index is 15.3. The van der Waals surface area contributed by atoms with E-state index in [0.29, 0.717) is 29.8 Å². The average molecular weight is 554 g/mol. The van der Waals surface area contributed by atoms with Gasteiger partial charge in [-0.25, -0.2) is 8.78 Å². The van der Waals surface area contributed by atoms with Gasteiger partial charge in [0.25, 0.3) is 0 Å². The fourth-order valence-corrected chi connectivity index (χ4v) is 4.36. The lowest BCUT2D eigenvalue weighted by Crippen LogP contribution is -2.44. The summed E-state index contributed by atoms with van der Waals surface area (Å²) >= 11 is 0. The van der Waals surface area contributed by atoms with Gasteiger partial charge in [-0.1, -0.05) is 12.1 Å². The highest BCUT2D eigenvalue weighted by Crippen LogP contribution is 2.49. The van der Waals surface area contributed by atoms with Crippen LogP contribution in [0.3, 0.4) is 0 Å². The molecule has 0 saturated heterocycles. The zero-order chi connectivity index (χ0) is 27.0. The van der Waals surface area contributed by atoms with E-state index < -0.39 is 34.9 Å². The maximum Gasteiger partial charge on any atom is 0.243 e. The number of benzene rings is 2. The van der Waals surface area contributed by atoms with Crippen molar-refractivity contribution in [1.29, 1.82) is 0 Å². The Hall–Kier alpha value is -4.31. The van der Waals surface area contributed by atoms with E-state index in [1.165, 1.54) is 35.2 Å². The molecule has 11 heteroatoms. The summed E-state index contributed by atoms with van der Waals surface area (Å²) in [6, 6.07) is 12.4. The van der Waals surface area contributed by atoms with Crippen LogP contribution in [0, 0.1) is 17.0 Å². The Morgan fingerprint density at radius 2 is 1.82 bits per heavy atom. The van der Waals surface area contributed by atoms with Crippen LogP contribution in [0.1, 0.15) is 31.4 Å². The Kier molecular flexibility index (Phi) is 7.69. The number of aromatic nitrogens is 3. The van der Waals surface area contributed by atoms with Crippen molar-refractivity contribution in [2.24, 2.45) is 18.2 Å². The molecule has 4 aromatic rings. The number of hydrogen-bond donors (Lipinski definition) is 1. The summed E-state index contributed by atoms with van der Waals surface area (Å²) in [4.78, 5) is 31.4. The summed E-state index contributed by atoms with van der Waals surface area (Å²) in [5.74, 6) is -2.08. The number of rotatable bonds is 8. The zero-order valence-electron chi connectivity index (χ0n) is 21.2. The van der Waals surface area contributed by atoms with Crippen molar-refractivity contribution in [3.63, 3.8) is 0 Å². The standard InChI is InChI=1S/C28H25F2N5O3.ClH/c1-17(18-3-5-20(29)6-4-18)35(27(37)28(10-11-28)26(31)36)21-7-8-25(23(30)13-21)38-22-9-12-32-24(14-22)19-15-33-34(2)16-19;/h3-9,12-17H,10-11H2,1-2H3,(H2,31,36);1H/t17-;/m0./s1. The van der Waals surface area contributed by atoms with Gasteiger partial charge in [0.15, 0.2) is 11.6 Å². The molecule has 1 aliphatic rings. The van der Waals surface area contributed by atoms with Gasteiger partial charge in [0.05, 0.1) is 17.9 Å². The van der Waals surface area contributed by atoms with Crippen molar-refractivity contribution < 1.29 is 23.1 Å². The molecule has 5 rings (SSSR count). The Labute approximate surface area is 229 Å². The zero-order valence-corrected chi connectivity index (χ0v) is 22.0. The summed E-state index contributed by atoms with van der Waals surface area (Å²) in [7, 11) is 1.79. The number of amides is 2. The number of ether oxygens (including phenoxy) is 1. The highest BCUT2D eigenvalue weighted by Gasteiger charge is 2.57. The Morgan fingerprint density at radius 1 is 1.10 bits per heavy atom. The lowest BCUT2D eigenvalue weighted by molar-refractivity contribution is -0.134. The highest BCUT2D eigenvalue weighted by atomic mass is 35.5. The first-order valence-corrected chi connectivity index (χ1v) is 12.0. The maximum absolute atomic E-state index is 15.3. The van der Waals surface area contributed by atoms with Crippen LogP contribution in [0.15, 0.2) is 73.2 Å². The summed E-state index contributed by atoms with van der Waals surface area (Å²) < 4.78 is 36.3. The minimum Gasteiger partial charge on any atom is -0.454 e. The van der Waals surface area contributed by atoms with Crippen LogP contribution in [0.25, 0.3) is 11.3 Å². The Balaban J connectivity index is 0.00000353. The number of nitrogens with zero attached hydrogens (tertiary/aromatic N) is 4. The Bertz CT molecular complexity index is 1520. The number of carbonyl (C=O) groups is 2. The second-order valence-corrected chi connectivity index (χ2v) is 9.35. The highest BCUT2D eigenvalue weighted by molar-refractivity contribution is 6.13. The van der Waals surface area contributed by atoms with Crippen LogP contribution >= 0.6 is 12.4 Å². The summed E-state index contributed by atoms with van der Waals surface area (Å²) in [6.45, 7) is 1.72. The molecule has 39 heavy (non-hydrogen) atoms. The van der Waals surface area contributed by atoms with Gasteiger partial charge in [-0.05, 0) is 55.7 Å². The van der Waals surface area contributed by atoms with Crippen molar-refractivity contribution in [3.8, 4) is 22.8 Å². The van der Waals surface area contributed by atoms with Crippen LogP contribution in [0.4, 0.5) is 14.5 Å². The second kappa shape index (κ2) is 10.8. The molecule has 1 saturated carbocycles. The van der Waals surface area contributed by atoms with Crippen LogP contribution in [0.2, 0.25) is 0 Å². The molecule has 0 bridgehead atoms. The van der Waals surface area contributed by atoms with Gasteiger partial charge >= 0.3 is 0 Å². The monoisotopic (exact) mass is 553 g/mol. The molecule has 1 atom stereocenters. The molecule has 0 spiro atoms.